The average molecular weight is 453 g/mol. The minimum absolute atomic E-state index is 0.0868. The summed E-state index contributed by atoms with van der Waals surface area (Å²) in [4.78, 5) is 24.3. The van der Waals surface area contributed by atoms with Gasteiger partial charge in [-0.2, -0.15) is 5.10 Å². The highest BCUT2D eigenvalue weighted by atomic mass is 16.5. The van der Waals surface area contributed by atoms with E-state index in [1.54, 1.807) is 55.8 Å². The van der Waals surface area contributed by atoms with Crippen LogP contribution in [-0.2, 0) is 4.79 Å². The number of carbonyl (C=O) groups excluding carboxylic acids is 2. The topological polar surface area (TPSA) is 77.0 Å². The number of hydrogen-bond donors (Lipinski definition) is 1. The Morgan fingerprint density at radius 3 is 2.21 bits per heavy atom. The fourth-order valence-electron chi connectivity index (χ4n) is 3.38. The molecule has 0 atom stereocenters. The molecule has 0 saturated carbocycles. The summed E-state index contributed by atoms with van der Waals surface area (Å²) in [5.74, 6) is 0.530. The first-order chi connectivity index (χ1) is 16.1. The van der Waals surface area contributed by atoms with Crippen LogP contribution in [0.15, 0.2) is 53.6 Å². The van der Waals surface area contributed by atoms with E-state index in [-0.39, 0.29) is 5.91 Å². The number of methoxy groups -OCH3 is 1. The van der Waals surface area contributed by atoms with Gasteiger partial charge in [0.15, 0.2) is 0 Å². The Bertz CT molecular complexity index is 878. The van der Waals surface area contributed by atoms with Crippen LogP contribution in [0.4, 0.5) is 0 Å². The van der Waals surface area contributed by atoms with Crippen LogP contribution in [0.25, 0.3) is 0 Å². The maximum Gasteiger partial charge on any atom is 0.343 e. The van der Waals surface area contributed by atoms with Gasteiger partial charge in [0, 0.05) is 6.42 Å². The number of nitrogens with one attached hydrogen (secondary N) is 1. The fourth-order valence-corrected chi connectivity index (χ4v) is 3.38. The standard InChI is InChI=1S/C27H36N2O4/c1-3-4-5-6-7-8-9-10-11-15-26(30)29-28-21-22-13-12-14-25(20-22)33-27(31)23-16-18-24(32-2)19-17-23/h12-14,16-21H,3-11,15H2,1-2H3,(H,29,30)/b28-21-. The average Bonchev–Trinajstić information content (AvgIpc) is 2.83. The number of esters is 1. The third-order valence-corrected chi connectivity index (χ3v) is 5.30. The molecule has 2 aromatic carbocycles. The van der Waals surface area contributed by atoms with E-state index < -0.39 is 5.97 Å². The van der Waals surface area contributed by atoms with E-state index in [0.29, 0.717) is 23.5 Å². The zero-order chi connectivity index (χ0) is 23.7. The summed E-state index contributed by atoms with van der Waals surface area (Å²) in [5.41, 5.74) is 3.71. The lowest BCUT2D eigenvalue weighted by Crippen LogP contribution is -2.16. The third kappa shape index (κ3) is 10.8. The molecule has 0 heterocycles. The summed E-state index contributed by atoms with van der Waals surface area (Å²) in [5, 5.41) is 4.02. The number of amides is 1. The molecule has 0 fully saturated rings. The molecule has 0 unspecified atom stereocenters. The lowest BCUT2D eigenvalue weighted by atomic mass is 10.1. The maximum atomic E-state index is 12.3. The largest absolute Gasteiger partial charge is 0.497 e. The van der Waals surface area contributed by atoms with Gasteiger partial charge in [0.2, 0.25) is 5.91 Å². The van der Waals surface area contributed by atoms with Crippen molar-refractivity contribution in [2.45, 2.75) is 71.1 Å². The normalized spacial score (nSPS) is 10.8. The molecule has 0 saturated heterocycles. The van der Waals surface area contributed by atoms with Gasteiger partial charge in [-0.15, -0.1) is 0 Å². The van der Waals surface area contributed by atoms with Crippen molar-refractivity contribution in [2.75, 3.05) is 7.11 Å². The molecule has 33 heavy (non-hydrogen) atoms. The van der Waals surface area contributed by atoms with Crippen molar-refractivity contribution in [3.8, 4) is 11.5 Å². The molecule has 0 aromatic heterocycles. The monoisotopic (exact) mass is 452 g/mol. The van der Waals surface area contributed by atoms with Gasteiger partial charge in [0.1, 0.15) is 11.5 Å². The molecule has 0 bridgehead atoms. The lowest BCUT2D eigenvalue weighted by molar-refractivity contribution is -0.121. The summed E-state index contributed by atoms with van der Waals surface area (Å²) < 4.78 is 10.5. The molecular weight excluding hydrogens is 416 g/mol. The highest BCUT2D eigenvalue weighted by Crippen LogP contribution is 2.16. The number of hydrazone groups is 1. The molecule has 0 aliphatic carbocycles. The van der Waals surface area contributed by atoms with Crippen molar-refractivity contribution >= 4 is 18.1 Å². The van der Waals surface area contributed by atoms with Crippen molar-refractivity contribution in [1.82, 2.24) is 5.43 Å². The Hall–Kier alpha value is -3.15. The summed E-state index contributed by atoms with van der Waals surface area (Å²) in [7, 11) is 1.57. The molecule has 0 aliphatic rings. The highest BCUT2D eigenvalue weighted by molar-refractivity contribution is 5.91. The first-order valence-corrected chi connectivity index (χ1v) is 11.9. The van der Waals surface area contributed by atoms with Gasteiger partial charge in [-0.25, -0.2) is 10.2 Å². The van der Waals surface area contributed by atoms with Crippen molar-refractivity contribution in [3.63, 3.8) is 0 Å². The van der Waals surface area contributed by atoms with E-state index in [9.17, 15) is 9.59 Å². The predicted octanol–water partition coefficient (Wildman–Crippen LogP) is 6.29. The van der Waals surface area contributed by atoms with Gasteiger partial charge in [0.25, 0.3) is 0 Å². The Balaban J connectivity index is 1.67. The van der Waals surface area contributed by atoms with Gasteiger partial charge in [0.05, 0.1) is 18.9 Å². The number of rotatable bonds is 15. The molecule has 2 aromatic rings. The summed E-state index contributed by atoms with van der Waals surface area (Å²) >= 11 is 0. The van der Waals surface area contributed by atoms with E-state index in [1.807, 2.05) is 6.07 Å². The predicted molar refractivity (Wildman–Crippen MR) is 132 cm³/mol. The number of unbranched alkanes of at least 4 members (excludes halogenated alkanes) is 8. The van der Waals surface area contributed by atoms with Crippen LogP contribution in [0.2, 0.25) is 0 Å². The van der Waals surface area contributed by atoms with Crippen LogP contribution in [-0.4, -0.2) is 25.2 Å². The van der Waals surface area contributed by atoms with Crippen LogP contribution >= 0.6 is 0 Å². The molecule has 1 amide bonds. The number of hydrogen-bond acceptors (Lipinski definition) is 5. The van der Waals surface area contributed by atoms with E-state index in [1.165, 1.54) is 44.9 Å². The molecule has 0 aliphatic heterocycles. The molecular formula is C27H36N2O4. The van der Waals surface area contributed by atoms with Gasteiger partial charge < -0.3 is 9.47 Å². The maximum absolute atomic E-state index is 12.3. The molecule has 0 radical (unpaired) electrons. The number of carbonyl (C=O) groups is 2. The van der Waals surface area contributed by atoms with Crippen LogP contribution in [0.5, 0.6) is 11.5 Å². The molecule has 1 N–H and O–H groups in total. The second-order valence-corrected chi connectivity index (χ2v) is 8.06. The van der Waals surface area contributed by atoms with Crippen molar-refractivity contribution < 1.29 is 19.1 Å². The fraction of sp³-hybridized carbons (Fsp3) is 0.444. The Kier molecular flexibility index (Phi) is 12.4. The lowest BCUT2D eigenvalue weighted by Gasteiger charge is -2.06. The van der Waals surface area contributed by atoms with E-state index >= 15 is 0 Å². The number of nitrogens with zero attached hydrogens (tertiary/aromatic N) is 1. The molecule has 0 spiro atoms. The second-order valence-electron chi connectivity index (χ2n) is 8.06. The number of ether oxygens (including phenoxy) is 2. The molecule has 6 nitrogen and oxygen atoms in total. The molecule has 6 heteroatoms. The summed E-state index contributed by atoms with van der Waals surface area (Å²) in [6.45, 7) is 2.23. The minimum Gasteiger partial charge on any atom is -0.497 e. The number of benzene rings is 2. The van der Waals surface area contributed by atoms with Crippen molar-refractivity contribution in [2.24, 2.45) is 5.10 Å². The smallest absolute Gasteiger partial charge is 0.343 e. The minimum atomic E-state index is -0.457. The Labute approximate surface area is 197 Å². The second kappa shape index (κ2) is 15.6. The molecule has 178 valence electrons. The third-order valence-electron chi connectivity index (χ3n) is 5.30. The van der Waals surface area contributed by atoms with E-state index in [2.05, 4.69) is 17.5 Å². The van der Waals surface area contributed by atoms with Crippen LogP contribution < -0.4 is 14.9 Å². The highest BCUT2D eigenvalue weighted by Gasteiger charge is 2.09. The first kappa shape index (κ1) is 26.1. The molecule has 2 rings (SSSR count). The van der Waals surface area contributed by atoms with Crippen LogP contribution in [0.1, 0.15) is 87.1 Å². The summed E-state index contributed by atoms with van der Waals surface area (Å²) in [6.07, 6.45) is 13.0. The first-order valence-electron chi connectivity index (χ1n) is 11.9. The Morgan fingerprint density at radius 2 is 1.55 bits per heavy atom. The van der Waals surface area contributed by atoms with E-state index in [0.717, 1.165) is 18.4 Å². The van der Waals surface area contributed by atoms with Crippen LogP contribution in [0, 0.1) is 0 Å². The van der Waals surface area contributed by atoms with Gasteiger partial charge in [-0.1, -0.05) is 70.4 Å². The van der Waals surface area contributed by atoms with Gasteiger partial charge >= 0.3 is 5.97 Å². The van der Waals surface area contributed by atoms with Crippen LogP contribution in [0.3, 0.4) is 0 Å². The quantitative estimate of drug-likeness (QED) is 0.113. The zero-order valence-corrected chi connectivity index (χ0v) is 19.8. The SMILES string of the molecule is CCCCCCCCCCCC(=O)N/N=C\c1cccc(OC(=O)c2ccc(OC)cc2)c1. The van der Waals surface area contributed by atoms with Crippen molar-refractivity contribution in [1.29, 1.82) is 0 Å². The Morgan fingerprint density at radius 1 is 0.879 bits per heavy atom. The van der Waals surface area contributed by atoms with E-state index in [4.69, 9.17) is 9.47 Å². The van der Waals surface area contributed by atoms with Crippen molar-refractivity contribution in [3.05, 3.63) is 59.7 Å². The zero-order valence-electron chi connectivity index (χ0n) is 19.8. The van der Waals surface area contributed by atoms with Gasteiger partial charge in [-0.05, 0) is 48.4 Å². The summed E-state index contributed by atoms with van der Waals surface area (Å²) in [6, 6.07) is 13.7. The van der Waals surface area contributed by atoms with Gasteiger partial charge in [-0.3, -0.25) is 4.79 Å².